The minimum absolute atomic E-state index is 0.00801. The molecule has 1 saturated heterocycles. The van der Waals surface area contributed by atoms with E-state index >= 15 is 0 Å². The van der Waals surface area contributed by atoms with E-state index < -0.39 is 0 Å². The van der Waals surface area contributed by atoms with Crippen molar-refractivity contribution in [1.29, 1.82) is 0 Å². The van der Waals surface area contributed by atoms with Crippen LogP contribution in [0.3, 0.4) is 0 Å². The van der Waals surface area contributed by atoms with Crippen molar-refractivity contribution in [3.63, 3.8) is 0 Å². The molecule has 0 aliphatic carbocycles. The summed E-state index contributed by atoms with van der Waals surface area (Å²) in [4.78, 5) is 14.6. The number of morpholine rings is 1. The number of anilines is 1. The lowest BCUT2D eigenvalue weighted by atomic mass is 10.1. The minimum atomic E-state index is -0.00801. The number of ketones is 1. The summed E-state index contributed by atoms with van der Waals surface area (Å²) in [6.07, 6.45) is 3.40. The maximum Gasteiger partial charge on any atom is 0.185 e. The summed E-state index contributed by atoms with van der Waals surface area (Å²) in [6, 6.07) is 15.4. The normalized spacial score (nSPS) is 14.8. The van der Waals surface area contributed by atoms with Crippen LogP contribution in [0.5, 0.6) is 5.75 Å². The molecule has 3 rings (SSSR count). The first-order valence-electron chi connectivity index (χ1n) is 8.05. The van der Waals surface area contributed by atoms with Crippen LogP contribution in [0.25, 0.3) is 6.08 Å². The van der Waals surface area contributed by atoms with E-state index in [-0.39, 0.29) is 5.78 Å². The Bertz CT molecular complexity index is 716. The number of methoxy groups -OCH3 is 1. The monoisotopic (exact) mass is 323 g/mol. The molecular formula is C20H21NO3. The molecule has 1 aliphatic rings. The van der Waals surface area contributed by atoms with Crippen LogP contribution >= 0.6 is 0 Å². The van der Waals surface area contributed by atoms with Crippen molar-refractivity contribution in [2.45, 2.75) is 0 Å². The SMILES string of the molecule is COc1cccc(/C=C\C(=O)c2ccc(N3CCOCC3)cc2)c1. The fraction of sp³-hybridized carbons (Fsp3) is 0.250. The van der Waals surface area contributed by atoms with Gasteiger partial charge in [-0.25, -0.2) is 0 Å². The van der Waals surface area contributed by atoms with Crippen LogP contribution in [0.15, 0.2) is 54.6 Å². The molecule has 1 heterocycles. The smallest absolute Gasteiger partial charge is 0.185 e. The van der Waals surface area contributed by atoms with Crippen LogP contribution in [0.2, 0.25) is 0 Å². The standard InChI is InChI=1S/C20H21NO3/c1-23-19-4-2-3-16(15-19)5-10-20(22)17-6-8-18(9-7-17)21-11-13-24-14-12-21/h2-10,15H,11-14H2,1H3/b10-5-. The number of nitrogens with zero attached hydrogens (tertiary/aromatic N) is 1. The Balaban J connectivity index is 1.67. The third-order valence-electron chi connectivity index (χ3n) is 4.05. The molecule has 0 radical (unpaired) electrons. The third kappa shape index (κ3) is 4.03. The molecule has 0 N–H and O–H groups in total. The first-order chi connectivity index (χ1) is 11.8. The van der Waals surface area contributed by atoms with E-state index in [9.17, 15) is 4.79 Å². The molecular weight excluding hydrogens is 302 g/mol. The fourth-order valence-electron chi connectivity index (χ4n) is 2.67. The molecule has 4 heteroatoms. The van der Waals surface area contributed by atoms with Gasteiger partial charge in [0.05, 0.1) is 20.3 Å². The summed E-state index contributed by atoms with van der Waals surface area (Å²) in [7, 11) is 1.63. The molecule has 0 unspecified atom stereocenters. The van der Waals surface area contributed by atoms with Crippen LogP contribution in [-0.4, -0.2) is 39.2 Å². The molecule has 0 spiro atoms. The van der Waals surface area contributed by atoms with Crippen LogP contribution < -0.4 is 9.64 Å². The van der Waals surface area contributed by atoms with Crippen molar-refractivity contribution < 1.29 is 14.3 Å². The molecule has 2 aromatic rings. The fourth-order valence-corrected chi connectivity index (χ4v) is 2.67. The van der Waals surface area contributed by atoms with E-state index in [4.69, 9.17) is 9.47 Å². The maximum atomic E-state index is 12.3. The zero-order chi connectivity index (χ0) is 16.8. The zero-order valence-corrected chi connectivity index (χ0v) is 13.8. The second-order valence-electron chi connectivity index (χ2n) is 5.62. The third-order valence-corrected chi connectivity index (χ3v) is 4.05. The Morgan fingerprint density at radius 1 is 1.12 bits per heavy atom. The Hall–Kier alpha value is -2.59. The molecule has 0 amide bonds. The molecule has 124 valence electrons. The molecule has 0 saturated carbocycles. The van der Waals surface area contributed by atoms with Crippen LogP contribution in [-0.2, 0) is 4.74 Å². The van der Waals surface area contributed by atoms with Gasteiger partial charge in [-0.3, -0.25) is 4.79 Å². The van der Waals surface area contributed by atoms with Gasteiger partial charge in [-0.15, -0.1) is 0 Å². The minimum Gasteiger partial charge on any atom is -0.497 e. The molecule has 1 fully saturated rings. The van der Waals surface area contributed by atoms with Gasteiger partial charge in [-0.05, 0) is 48.0 Å². The summed E-state index contributed by atoms with van der Waals surface area (Å²) in [5, 5.41) is 0. The van der Waals surface area contributed by atoms with Crippen molar-refractivity contribution in [2.75, 3.05) is 38.3 Å². The molecule has 24 heavy (non-hydrogen) atoms. The highest BCUT2D eigenvalue weighted by Gasteiger charge is 2.11. The Morgan fingerprint density at radius 2 is 1.88 bits per heavy atom. The second-order valence-corrected chi connectivity index (χ2v) is 5.62. The number of ether oxygens (including phenoxy) is 2. The largest absolute Gasteiger partial charge is 0.497 e. The maximum absolute atomic E-state index is 12.3. The van der Waals surface area contributed by atoms with Gasteiger partial charge in [-0.1, -0.05) is 18.2 Å². The van der Waals surface area contributed by atoms with Crippen molar-refractivity contribution in [2.24, 2.45) is 0 Å². The second kappa shape index (κ2) is 7.79. The van der Waals surface area contributed by atoms with Gasteiger partial charge >= 0.3 is 0 Å². The summed E-state index contributed by atoms with van der Waals surface area (Å²) in [6.45, 7) is 3.29. The summed E-state index contributed by atoms with van der Waals surface area (Å²) in [5.74, 6) is 0.769. The zero-order valence-electron chi connectivity index (χ0n) is 13.8. The number of carbonyl (C=O) groups is 1. The summed E-state index contributed by atoms with van der Waals surface area (Å²) >= 11 is 0. The molecule has 1 aliphatic heterocycles. The van der Waals surface area contributed by atoms with E-state index in [1.165, 1.54) is 0 Å². The Morgan fingerprint density at radius 3 is 2.58 bits per heavy atom. The van der Waals surface area contributed by atoms with Gasteiger partial charge in [0, 0.05) is 24.3 Å². The van der Waals surface area contributed by atoms with E-state index in [0.29, 0.717) is 5.56 Å². The summed E-state index contributed by atoms with van der Waals surface area (Å²) < 4.78 is 10.5. The van der Waals surface area contributed by atoms with E-state index in [0.717, 1.165) is 43.3 Å². The number of rotatable bonds is 5. The lowest BCUT2D eigenvalue weighted by molar-refractivity contribution is 0.104. The van der Waals surface area contributed by atoms with Crippen molar-refractivity contribution in [3.8, 4) is 5.75 Å². The number of hydrogen-bond acceptors (Lipinski definition) is 4. The molecule has 4 nitrogen and oxygen atoms in total. The van der Waals surface area contributed by atoms with Crippen LogP contribution in [0.4, 0.5) is 5.69 Å². The van der Waals surface area contributed by atoms with Crippen LogP contribution in [0.1, 0.15) is 15.9 Å². The van der Waals surface area contributed by atoms with E-state index in [1.54, 1.807) is 19.3 Å². The van der Waals surface area contributed by atoms with Gasteiger partial charge in [0.15, 0.2) is 5.78 Å². The first-order valence-corrected chi connectivity index (χ1v) is 8.05. The molecule has 0 atom stereocenters. The Kier molecular flexibility index (Phi) is 5.29. The predicted octanol–water partition coefficient (Wildman–Crippen LogP) is 3.43. The van der Waals surface area contributed by atoms with Gasteiger partial charge in [0.25, 0.3) is 0 Å². The Labute approximate surface area is 142 Å². The quantitative estimate of drug-likeness (QED) is 0.624. The van der Waals surface area contributed by atoms with Crippen molar-refractivity contribution in [3.05, 3.63) is 65.7 Å². The van der Waals surface area contributed by atoms with E-state index in [1.807, 2.05) is 48.5 Å². The van der Waals surface area contributed by atoms with Crippen molar-refractivity contribution >= 4 is 17.5 Å². The van der Waals surface area contributed by atoms with Gasteiger partial charge in [0.1, 0.15) is 5.75 Å². The number of allylic oxidation sites excluding steroid dienone is 1. The molecule has 2 aromatic carbocycles. The highest BCUT2D eigenvalue weighted by Crippen LogP contribution is 2.18. The van der Waals surface area contributed by atoms with E-state index in [2.05, 4.69) is 4.90 Å². The average molecular weight is 323 g/mol. The topological polar surface area (TPSA) is 38.8 Å². The lowest BCUT2D eigenvalue weighted by Crippen LogP contribution is -2.36. The molecule has 0 aromatic heterocycles. The van der Waals surface area contributed by atoms with Gasteiger partial charge < -0.3 is 14.4 Å². The number of carbonyl (C=O) groups excluding carboxylic acids is 1. The number of benzene rings is 2. The molecule has 0 bridgehead atoms. The average Bonchev–Trinajstić information content (AvgIpc) is 2.67. The highest BCUT2D eigenvalue weighted by atomic mass is 16.5. The van der Waals surface area contributed by atoms with Crippen LogP contribution in [0, 0.1) is 0 Å². The highest BCUT2D eigenvalue weighted by molar-refractivity contribution is 6.07. The summed E-state index contributed by atoms with van der Waals surface area (Å²) in [5.41, 5.74) is 2.76. The van der Waals surface area contributed by atoms with Gasteiger partial charge in [0.2, 0.25) is 0 Å². The predicted molar refractivity (Wildman–Crippen MR) is 95.8 cm³/mol. The number of hydrogen-bond donors (Lipinski definition) is 0. The lowest BCUT2D eigenvalue weighted by Gasteiger charge is -2.28. The van der Waals surface area contributed by atoms with Crippen molar-refractivity contribution in [1.82, 2.24) is 0 Å². The van der Waals surface area contributed by atoms with Gasteiger partial charge in [-0.2, -0.15) is 0 Å². The first kappa shape index (κ1) is 16.3.